The van der Waals surface area contributed by atoms with Crippen LogP contribution in [0, 0.1) is 0 Å². The Labute approximate surface area is 53.0 Å². The number of allylic oxidation sites excluding steroid dienone is 2. The van der Waals surface area contributed by atoms with E-state index >= 15 is 0 Å². The number of rotatable bonds is 0. The maximum absolute atomic E-state index is 5.59. The first-order valence-corrected chi connectivity index (χ1v) is 2.72. The van der Waals surface area contributed by atoms with Crippen molar-refractivity contribution in [2.24, 2.45) is 5.73 Å². The summed E-state index contributed by atoms with van der Waals surface area (Å²) in [5.74, 6) is 0. The van der Waals surface area contributed by atoms with Crippen molar-refractivity contribution in [3.8, 4) is 0 Å². The van der Waals surface area contributed by atoms with E-state index in [0.29, 0.717) is 5.03 Å². The van der Waals surface area contributed by atoms with Gasteiger partial charge in [-0.3, -0.25) is 0 Å². The Morgan fingerprint density at radius 3 is 2.88 bits per heavy atom. The van der Waals surface area contributed by atoms with Crippen LogP contribution in [0.2, 0.25) is 0 Å². The lowest BCUT2D eigenvalue weighted by Crippen LogP contribution is -2.35. The van der Waals surface area contributed by atoms with Crippen molar-refractivity contribution in [2.45, 2.75) is 6.17 Å². The van der Waals surface area contributed by atoms with Gasteiger partial charge in [0.25, 0.3) is 0 Å². The first-order valence-electron chi connectivity index (χ1n) is 2.34. The van der Waals surface area contributed by atoms with E-state index in [-0.39, 0.29) is 6.17 Å². The van der Waals surface area contributed by atoms with Crippen molar-refractivity contribution in [1.29, 1.82) is 0 Å². The number of dihydropyridines is 1. The molecule has 44 valence electrons. The maximum Gasteiger partial charge on any atom is 0.111 e. The minimum Gasteiger partial charge on any atom is -0.371 e. The lowest BCUT2D eigenvalue weighted by Gasteiger charge is -2.12. The van der Waals surface area contributed by atoms with Crippen LogP contribution in [0.4, 0.5) is 0 Å². The van der Waals surface area contributed by atoms with Gasteiger partial charge in [0.05, 0.1) is 5.03 Å². The maximum atomic E-state index is 5.59. The number of nitrogens with one attached hydrogen (secondary N) is 1. The fourth-order valence-corrected chi connectivity index (χ4v) is 0.618. The zero-order valence-electron chi connectivity index (χ0n) is 4.26. The summed E-state index contributed by atoms with van der Waals surface area (Å²) in [5, 5.41) is 3.47. The molecular formula is C5H7ClN2. The third kappa shape index (κ3) is 1.02. The van der Waals surface area contributed by atoms with Gasteiger partial charge in [-0.25, -0.2) is 0 Å². The predicted molar refractivity (Wildman–Crippen MR) is 34.2 cm³/mol. The number of hydrogen-bond donors (Lipinski definition) is 2. The van der Waals surface area contributed by atoms with Crippen molar-refractivity contribution in [2.75, 3.05) is 0 Å². The largest absolute Gasteiger partial charge is 0.371 e. The smallest absolute Gasteiger partial charge is 0.111 e. The van der Waals surface area contributed by atoms with Gasteiger partial charge in [-0.15, -0.1) is 0 Å². The highest BCUT2D eigenvalue weighted by Crippen LogP contribution is 2.06. The lowest BCUT2D eigenvalue weighted by atomic mass is 10.3. The lowest BCUT2D eigenvalue weighted by molar-refractivity contribution is 0.715. The molecule has 0 unspecified atom stereocenters. The number of nitrogens with two attached hydrogens (primary N) is 1. The summed E-state index contributed by atoms with van der Waals surface area (Å²) >= 11 is 5.59. The van der Waals surface area contributed by atoms with Crippen LogP contribution in [0.15, 0.2) is 23.4 Å². The highest BCUT2D eigenvalue weighted by molar-refractivity contribution is 6.30. The molecule has 1 atom stereocenters. The van der Waals surface area contributed by atoms with Gasteiger partial charge in [0.2, 0.25) is 0 Å². The second-order valence-electron chi connectivity index (χ2n) is 1.56. The van der Waals surface area contributed by atoms with Crippen LogP contribution in [-0.4, -0.2) is 6.17 Å². The van der Waals surface area contributed by atoms with Gasteiger partial charge in [0.15, 0.2) is 0 Å². The summed E-state index contributed by atoms with van der Waals surface area (Å²) < 4.78 is 0. The molecule has 0 radical (unpaired) electrons. The topological polar surface area (TPSA) is 38.0 Å². The van der Waals surface area contributed by atoms with Crippen molar-refractivity contribution in [1.82, 2.24) is 5.32 Å². The summed E-state index contributed by atoms with van der Waals surface area (Å²) in [5.41, 5.74) is 5.42. The van der Waals surface area contributed by atoms with Gasteiger partial charge in [-0.1, -0.05) is 11.6 Å². The minimum absolute atomic E-state index is 0.207. The highest BCUT2D eigenvalue weighted by Gasteiger charge is 2.03. The van der Waals surface area contributed by atoms with E-state index in [0.717, 1.165) is 0 Å². The van der Waals surface area contributed by atoms with Crippen molar-refractivity contribution in [3.63, 3.8) is 0 Å². The molecule has 0 aromatic rings. The molecule has 1 aliphatic rings. The first kappa shape index (κ1) is 5.66. The molecule has 0 aromatic heterocycles. The zero-order chi connectivity index (χ0) is 5.98. The van der Waals surface area contributed by atoms with Gasteiger partial charge in [-0.2, -0.15) is 0 Å². The Morgan fingerprint density at radius 1 is 1.75 bits per heavy atom. The molecule has 0 fully saturated rings. The van der Waals surface area contributed by atoms with Crippen LogP contribution < -0.4 is 11.1 Å². The van der Waals surface area contributed by atoms with Crippen LogP contribution >= 0.6 is 11.6 Å². The Kier molecular flexibility index (Phi) is 1.56. The molecule has 1 heterocycles. The molecule has 0 aromatic carbocycles. The Balaban J connectivity index is 2.66. The molecule has 2 nitrogen and oxygen atoms in total. The summed E-state index contributed by atoms with van der Waals surface area (Å²) in [6.45, 7) is 0. The van der Waals surface area contributed by atoms with Gasteiger partial charge in [0, 0.05) is 0 Å². The van der Waals surface area contributed by atoms with E-state index in [1.807, 2.05) is 6.08 Å². The first-order chi connectivity index (χ1) is 3.80. The van der Waals surface area contributed by atoms with Crippen LogP contribution in [-0.2, 0) is 0 Å². The Morgan fingerprint density at radius 2 is 2.50 bits per heavy atom. The van der Waals surface area contributed by atoms with E-state index in [1.54, 1.807) is 12.3 Å². The molecule has 1 rings (SSSR count). The predicted octanol–water partition coefficient (Wildman–Crippen LogP) is 0.511. The van der Waals surface area contributed by atoms with Gasteiger partial charge in [0.1, 0.15) is 6.17 Å². The van der Waals surface area contributed by atoms with Crippen molar-refractivity contribution < 1.29 is 0 Å². The van der Waals surface area contributed by atoms with E-state index in [1.165, 1.54) is 0 Å². The molecule has 1 aliphatic heterocycles. The second kappa shape index (κ2) is 2.20. The van der Waals surface area contributed by atoms with Crippen molar-refractivity contribution in [3.05, 3.63) is 23.4 Å². The Bertz CT molecular complexity index is 139. The third-order valence-corrected chi connectivity index (χ3v) is 1.29. The van der Waals surface area contributed by atoms with Crippen LogP contribution in [0.5, 0.6) is 0 Å². The molecule has 0 amide bonds. The summed E-state index contributed by atoms with van der Waals surface area (Å²) in [6, 6.07) is 0. The zero-order valence-corrected chi connectivity index (χ0v) is 5.02. The molecule has 0 saturated carbocycles. The number of halogens is 1. The van der Waals surface area contributed by atoms with Gasteiger partial charge >= 0.3 is 0 Å². The molecule has 3 N–H and O–H groups in total. The van der Waals surface area contributed by atoms with Crippen molar-refractivity contribution >= 4 is 11.6 Å². The molecule has 8 heavy (non-hydrogen) atoms. The van der Waals surface area contributed by atoms with Crippen LogP contribution in [0.1, 0.15) is 0 Å². The highest BCUT2D eigenvalue weighted by atomic mass is 35.5. The summed E-state index contributed by atoms with van der Waals surface area (Å²) in [4.78, 5) is 0. The normalized spacial score (nSPS) is 26.8. The van der Waals surface area contributed by atoms with Crippen LogP contribution in [0.25, 0.3) is 0 Å². The molecule has 0 spiro atoms. The van der Waals surface area contributed by atoms with Gasteiger partial charge in [-0.05, 0) is 18.4 Å². The van der Waals surface area contributed by atoms with E-state index in [4.69, 9.17) is 17.3 Å². The molecule has 0 bridgehead atoms. The molecule has 3 heteroatoms. The molecule has 0 saturated heterocycles. The minimum atomic E-state index is -0.207. The quantitative estimate of drug-likeness (QED) is 0.502. The van der Waals surface area contributed by atoms with E-state index in [2.05, 4.69) is 5.32 Å². The SMILES string of the molecule is N[C@@H]1NC=CC=C1Cl. The van der Waals surface area contributed by atoms with Crippen LogP contribution in [0.3, 0.4) is 0 Å². The fraction of sp³-hybridized carbons (Fsp3) is 0.200. The number of hydrogen-bond acceptors (Lipinski definition) is 2. The van der Waals surface area contributed by atoms with E-state index < -0.39 is 0 Å². The fourth-order valence-electron chi connectivity index (χ4n) is 0.483. The van der Waals surface area contributed by atoms with Gasteiger partial charge < -0.3 is 11.1 Å². The second-order valence-corrected chi connectivity index (χ2v) is 1.99. The monoisotopic (exact) mass is 130 g/mol. The standard InChI is InChI=1S/C5H7ClN2/c6-4-2-1-3-8-5(4)7/h1-3,5,8H,7H2/t5-/m1/s1. The van der Waals surface area contributed by atoms with E-state index in [9.17, 15) is 0 Å². The Hall–Kier alpha value is -0.470. The average molecular weight is 131 g/mol. The summed E-state index contributed by atoms with van der Waals surface area (Å²) in [7, 11) is 0. The molecule has 0 aliphatic carbocycles. The molecular weight excluding hydrogens is 124 g/mol. The average Bonchev–Trinajstić information content (AvgIpc) is 1.77. The third-order valence-electron chi connectivity index (χ3n) is 0.925. The summed E-state index contributed by atoms with van der Waals surface area (Å²) in [6.07, 6.45) is 5.13.